The Kier molecular flexibility index (Phi) is 6.54. The smallest absolute Gasteiger partial charge is 0.359 e. The van der Waals surface area contributed by atoms with Crippen molar-refractivity contribution < 1.29 is 14.5 Å². The van der Waals surface area contributed by atoms with Crippen molar-refractivity contribution in [2.24, 2.45) is 0 Å². The number of ether oxygens (including phenoxy) is 1. The number of esters is 1. The molecule has 0 fully saturated rings. The second-order valence-electron chi connectivity index (χ2n) is 7.38. The molecule has 0 bridgehead atoms. The van der Waals surface area contributed by atoms with Crippen molar-refractivity contribution in [1.29, 1.82) is 0 Å². The normalized spacial score (nSPS) is 10.9. The second kappa shape index (κ2) is 9.53. The Hall–Kier alpha value is -3.54. The molecule has 2 aromatic carbocycles. The summed E-state index contributed by atoms with van der Waals surface area (Å²) in [4.78, 5) is 27.3. The Bertz CT molecular complexity index is 1250. The summed E-state index contributed by atoms with van der Waals surface area (Å²) in [7, 11) is 0. The summed E-state index contributed by atoms with van der Waals surface area (Å²) in [5.74, 6) is -0.274. The summed E-state index contributed by atoms with van der Waals surface area (Å²) in [6, 6.07) is 17.4. The molecule has 168 valence electrons. The lowest BCUT2D eigenvalue weighted by molar-refractivity contribution is -0.392. The van der Waals surface area contributed by atoms with Gasteiger partial charge in [0.2, 0.25) is 0 Å². The van der Waals surface area contributed by atoms with E-state index in [9.17, 15) is 14.9 Å². The molecule has 10 heteroatoms. The summed E-state index contributed by atoms with van der Waals surface area (Å²) in [6.45, 7) is 3.73. The fraction of sp³-hybridized carbons (Fsp3) is 0.174. The number of hydrogen-bond acceptors (Lipinski definition) is 6. The van der Waals surface area contributed by atoms with Gasteiger partial charge in [-0.1, -0.05) is 29.8 Å². The molecule has 2 heterocycles. The first-order chi connectivity index (χ1) is 15.8. The molecule has 0 spiro atoms. The minimum Gasteiger partial charge on any atom is -0.457 e. The van der Waals surface area contributed by atoms with Gasteiger partial charge in [-0.25, -0.2) is 19.0 Å². The third kappa shape index (κ3) is 4.95. The van der Waals surface area contributed by atoms with Crippen LogP contribution in [0.3, 0.4) is 0 Å². The highest BCUT2D eigenvalue weighted by Crippen LogP contribution is 2.25. The molecule has 0 aliphatic carbocycles. The van der Waals surface area contributed by atoms with Crippen LogP contribution in [0.15, 0.2) is 60.8 Å². The first kappa shape index (κ1) is 22.6. The van der Waals surface area contributed by atoms with Gasteiger partial charge in [0.25, 0.3) is 0 Å². The molecule has 0 unspecified atom stereocenters. The van der Waals surface area contributed by atoms with E-state index >= 15 is 0 Å². The molecule has 33 heavy (non-hydrogen) atoms. The maximum Gasteiger partial charge on any atom is 0.359 e. The Morgan fingerprint density at radius 3 is 2.48 bits per heavy atom. The predicted octanol–water partition coefficient (Wildman–Crippen LogP) is 4.72. The van der Waals surface area contributed by atoms with Gasteiger partial charge in [0.15, 0.2) is 11.5 Å². The Morgan fingerprint density at radius 2 is 1.82 bits per heavy atom. The molecule has 4 aromatic rings. The molecule has 4 rings (SSSR count). The van der Waals surface area contributed by atoms with E-state index in [1.165, 1.54) is 10.8 Å². The summed E-state index contributed by atoms with van der Waals surface area (Å²) in [5, 5.41) is 15.6. The first-order valence-electron chi connectivity index (χ1n) is 10.1. The molecule has 0 amide bonds. The summed E-state index contributed by atoms with van der Waals surface area (Å²) >= 11 is 2.24. The van der Waals surface area contributed by atoms with Gasteiger partial charge < -0.3 is 14.9 Å². The Balaban J connectivity index is 1.58. The number of nitro groups is 1. The number of halogens is 1. The first-order valence-corrected chi connectivity index (χ1v) is 11.2. The van der Waals surface area contributed by atoms with E-state index in [2.05, 4.69) is 32.7 Å². The number of carbonyl (C=O) groups is 1. The van der Waals surface area contributed by atoms with Crippen LogP contribution < -0.4 is 0 Å². The van der Waals surface area contributed by atoms with Crippen LogP contribution in [0, 0.1) is 27.5 Å². The van der Waals surface area contributed by atoms with E-state index in [0.29, 0.717) is 5.82 Å². The number of hydrogen-bond donors (Lipinski definition) is 0. The molecule has 0 aliphatic heterocycles. The fourth-order valence-corrected chi connectivity index (χ4v) is 3.73. The van der Waals surface area contributed by atoms with Crippen molar-refractivity contribution in [2.45, 2.75) is 20.4 Å². The maximum absolute atomic E-state index is 12.8. The SMILES string of the molecule is Cc1ccc(-n2nc(C(=O)OCCn3c([N+](=O)[O-])cnc3C)cc2-c2ccc(I)cc2)cc1. The van der Waals surface area contributed by atoms with Crippen LogP contribution in [0.5, 0.6) is 0 Å². The van der Waals surface area contributed by atoms with Crippen LogP contribution in [-0.2, 0) is 11.3 Å². The zero-order chi connectivity index (χ0) is 23.5. The number of aromatic nitrogens is 4. The van der Waals surface area contributed by atoms with Crippen molar-refractivity contribution >= 4 is 34.4 Å². The van der Waals surface area contributed by atoms with E-state index < -0.39 is 10.9 Å². The third-order valence-electron chi connectivity index (χ3n) is 5.11. The van der Waals surface area contributed by atoms with Crippen molar-refractivity contribution in [3.05, 3.63) is 91.6 Å². The van der Waals surface area contributed by atoms with Crippen LogP contribution in [0.4, 0.5) is 5.82 Å². The van der Waals surface area contributed by atoms with Crippen LogP contribution in [0.1, 0.15) is 21.9 Å². The molecular formula is C23H20IN5O4. The Morgan fingerprint density at radius 1 is 1.12 bits per heavy atom. The van der Waals surface area contributed by atoms with Gasteiger partial charge in [-0.2, -0.15) is 5.10 Å². The van der Waals surface area contributed by atoms with Crippen molar-refractivity contribution in [3.63, 3.8) is 0 Å². The predicted molar refractivity (Wildman–Crippen MR) is 130 cm³/mol. The molecule has 0 saturated heterocycles. The molecule has 2 aromatic heterocycles. The number of imidazole rings is 1. The average molecular weight is 557 g/mol. The summed E-state index contributed by atoms with van der Waals surface area (Å²) < 4.78 is 9.59. The zero-order valence-electron chi connectivity index (χ0n) is 17.9. The lowest BCUT2D eigenvalue weighted by Gasteiger charge is -2.08. The number of nitrogens with zero attached hydrogens (tertiary/aromatic N) is 5. The minimum absolute atomic E-state index is 0.0485. The molecular weight excluding hydrogens is 537 g/mol. The zero-order valence-corrected chi connectivity index (χ0v) is 20.1. The molecule has 0 aliphatic rings. The quantitative estimate of drug-likeness (QED) is 0.141. The van der Waals surface area contributed by atoms with Gasteiger partial charge in [-0.05, 0) is 64.8 Å². The third-order valence-corrected chi connectivity index (χ3v) is 5.83. The van der Waals surface area contributed by atoms with Crippen LogP contribution in [-0.4, -0.2) is 36.8 Å². The Labute approximate surface area is 203 Å². The maximum atomic E-state index is 12.8. The lowest BCUT2D eigenvalue weighted by Crippen LogP contribution is -2.14. The molecule has 0 saturated carbocycles. The molecule has 9 nitrogen and oxygen atoms in total. The van der Waals surface area contributed by atoms with Gasteiger partial charge in [-0.15, -0.1) is 0 Å². The van der Waals surface area contributed by atoms with Crippen molar-refractivity contribution in [3.8, 4) is 16.9 Å². The highest BCUT2D eigenvalue weighted by Gasteiger charge is 2.20. The summed E-state index contributed by atoms with van der Waals surface area (Å²) in [5.41, 5.74) is 3.75. The topological polar surface area (TPSA) is 105 Å². The lowest BCUT2D eigenvalue weighted by atomic mass is 10.1. The van der Waals surface area contributed by atoms with Crippen molar-refractivity contribution in [2.75, 3.05) is 6.61 Å². The number of rotatable bonds is 7. The van der Waals surface area contributed by atoms with Gasteiger partial charge >= 0.3 is 11.8 Å². The van der Waals surface area contributed by atoms with Gasteiger partial charge in [0.05, 0.1) is 11.4 Å². The van der Waals surface area contributed by atoms with E-state index in [4.69, 9.17) is 4.74 Å². The molecule has 0 N–H and O–H groups in total. The number of aryl methyl sites for hydroxylation is 2. The largest absolute Gasteiger partial charge is 0.457 e. The summed E-state index contributed by atoms with van der Waals surface area (Å²) in [6.07, 6.45) is 1.19. The van der Waals surface area contributed by atoms with Crippen LogP contribution in [0.25, 0.3) is 16.9 Å². The molecule has 0 atom stereocenters. The number of carbonyl (C=O) groups excluding carboxylic acids is 1. The molecule has 0 radical (unpaired) electrons. The van der Waals surface area contributed by atoms with Crippen molar-refractivity contribution in [1.82, 2.24) is 19.3 Å². The van der Waals surface area contributed by atoms with Crippen LogP contribution >= 0.6 is 22.6 Å². The van der Waals surface area contributed by atoms with Gasteiger partial charge in [0, 0.05) is 16.1 Å². The highest BCUT2D eigenvalue weighted by atomic mass is 127. The standard InChI is InChI=1S/C23H20IN5O4/c1-15-3-9-19(10-4-15)28-21(17-5-7-18(24)8-6-17)13-20(26-28)23(30)33-12-11-27-16(2)25-14-22(27)29(31)32/h3-10,13-14H,11-12H2,1-2H3. The minimum atomic E-state index is -0.604. The second-order valence-corrected chi connectivity index (χ2v) is 8.62. The average Bonchev–Trinajstić information content (AvgIpc) is 3.39. The monoisotopic (exact) mass is 557 g/mol. The highest BCUT2D eigenvalue weighted by molar-refractivity contribution is 14.1. The fourth-order valence-electron chi connectivity index (χ4n) is 3.37. The van der Waals surface area contributed by atoms with E-state index in [0.717, 1.165) is 26.1 Å². The van der Waals surface area contributed by atoms with Gasteiger partial charge in [0.1, 0.15) is 19.3 Å². The van der Waals surface area contributed by atoms with E-state index in [1.807, 2.05) is 55.5 Å². The van der Waals surface area contributed by atoms with E-state index in [-0.39, 0.29) is 24.7 Å². The van der Waals surface area contributed by atoms with Crippen LogP contribution in [0.2, 0.25) is 0 Å². The van der Waals surface area contributed by atoms with E-state index in [1.54, 1.807) is 17.7 Å². The van der Waals surface area contributed by atoms with Gasteiger partial charge in [-0.3, -0.25) is 0 Å². The number of benzene rings is 2.